The fraction of sp³-hybridized carbons (Fsp3) is 0.700. The summed E-state index contributed by atoms with van der Waals surface area (Å²) in [7, 11) is 3.20. The Labute approximate surface area is 100 Å². The fourth-order valence-electron chi connectivity index (χ4n) is 1.16. The number of hydroxylamine groups is 4. The van der Waals surface area contributed by atoms with E-state index in [4.69, 9.17) is 4.84 Å². The Morgan fingerprint density at radius 1 is 1.47 bits per heavy atom. The van der Waals surface area contributed by atoms with Crippen LogP contribution in [0.2, 0.25) is 0 Å². The van der Waals surface area contributed by atoms with Gasteiger partial charge < -0.3 is 4.84 Å². The predicted octanol–water partition coefficient (Wildman–Crippen LogP) is -0.0311. The minimum Gasteiger partial charge on any atom is -0.328 e. The van der Waals surface area contributed by atoms with E-state index in [1.807, 2.05) is 0 Å². The molecule has 0 saturated carbocycles. The van der Waals surface area contributed by atoms with Gasteiger partial charge in [0.1, 0.15) is 0 Å². The Bertz CT molecular complexity index is 316. The van der Waals surface area contributed by atoms with Crippen molar-refractivity contribution in [2.24, 2.45) is 5.92 Å². The van der Waals surface area contributed by atoms with Gasteiger partial charge in [0.15, 0.2) is 6.61 Å². The molecule has 7 heteroatoms. The maximum Gasteiger partial charge on any atom is 0.360 e. The highest BCUT2D eigenvalue weighted by Crippen LogP contribution is 2.18. The van der Waals surface area contributed by atoms with Crippen molar-refractivity contribution in [2.45, 2.75) is 20.8 Å². The molecule has 7 nitrogen and oxygen atoms in total. The zero-order chi connectivity index (χ0) is 12.3. The highest BCUT2D eigenvalue weighted by molar-refractivity contribution is 6.03. The lowest BCUT2D eigenvalue weighted by Crippen LogP contribution is -2.35. The summed E-state index contributed by atoms with van der Waals surface area (Å²) in [4.78, 5) is 43.2. The number of carbonyl (C=O) groups excluding carboxylic acids is 3. The van der Waals surface area contributed by atoms with E-state index in [1.165, 1.54) is 5.06 Å². The minimum absolute atomic E-state index is 0. The molecule has 0 aromatic heterocycles. The van der Waals surface area contributed by atoms with E-state index in [0.29, 0.717) is 5.06 Å². The summed E-state index contributed by atoms with van der Waals surface area (Å²) in [6, 6.07) is 0. The molecule has 1 rings (SSSR count). The van der Waals surface area contributed by atoms with E-state index in [-0.39, 0.29) is 20.5 Å². The van der Waals surface area contributed by atoms with Crippen LogP contribution >= 0.6 is 0 Å². The topological polar surface area (TPSA) is 76.2 Å². The molecule has 1 unspecified atom stereocenters. The first-order valence-corrected chi connectivity index (χ1v) is 4.79. The van der Waals surface area contributed by atoms with Crippen LogP contribution in [-0.4, -0.2) is 48.6 Å². The third-order valence-corrected chi connectivity index (χ3v) is 1.96. The second-order valence-corrected chi connectivity index (χ2v) is 3.68. The molecule has 17 heavy (non-hydrogen) atoms. The van der Waals surface area contributed by atoms with Crippen molar-refractivity contribution in [2.75, 3.05) is 20.7 Å². The van der Waals surface area contributed by atoms with Crippen LogP contribution in [-0.2, 0) is 24.1 Å². The lowest BCUT2D eigenvalue weighted by atomic mass is 10.1. The van der Waals surface area contributed by atoms with Crippen molar-refractivity contribution in [3.8, 4) is 0 Å². The summed E-state index contributed by atoms with van der Waals surface area (Å²) in [6.07, 6.45) is 0.0701. The number of hydrogen-bond donors (Lipinski definition) is 0. The molecule has 98 valence electrons. The SMILES string of the molecule is C.CC1CC(=O)N(OC(=O)CON(C)C)C1=O. The van der Waals surface area contributed by atoms with Gasteiger partial charge in [-0.2, -0.15) is 5.06 Å². The Balaban J connectivity index is 0.00000256. The molecule has 0 N–H and O–H groups in total. The highest BCUT2D eigenvalue weighted by atomic mass is 16.7. The number of amides is 2. The summed E-state index contributed by atoms with van der Waals surface area (Å²) < 4.78 is 0. The number of hydrogen-bond acceptors (Lipinski definition) is 6. The Kier molecular flexibility index (Phi) is 5.77. The average Bonchev–Trinajstić information content (AvgIpc) is 2.42. The molecule has 1 aliphatic heterocycles. The van der Waals surface area contributed by atoms with Crippen molar-refractivity contribution < 1.29 is 24.1 Å². The van der Waals surface area contributed by atoms with Gasteiger partial charge in [0.05, 0.1) is 0 Å². The van der Waals surface area contributed by atoms with E-state index in [1.54, 1.807) is 21.0 Å². The zero-order valence-corrected chi connectivity index (χ0v) is 9.43. The molecular weight excluding hydrogens is 228 g/mol. The molecule has 1 fully saturated rings. The fourth-order valence-corrected chi connectivity index (χ4v) is 1.16. The van der Waals surface area contributed by atoms with E-state index >= 15 is 0 Å². The van der Waals surface area contributed by atoms with Gasteiger partial charge in [-0.05, 0) is 0 Å². The molecule has 2 amide bonds. The molecule has 1 atom stereocenters. The van der Waals surface area contributed by atoms with Gasteiger partial charge in [-0.15, -0.1) is 5.06 Å². The van der Waals surface area contributed by atoms with E-state index in [9.17, 15) is 14.4 Å². The van der Waals surface area contributed by atoms with Crippen LogP contribution < -0.4 is 0 Å². The summed E-state index contributed by atoms with van der Waals surface area (Å²) in [5, 5.41) is 1.82. The predicted molar refractivity (Wildman–Crippen MR) is 58.1 cm³/mol. The van der Waals surface area contributed by atoms with Crippen molar-refractivity contribution in [3.05, 3.63) is 0 Å². The zero-order valence-electron chi connectivity index (χ0n) is 9.43. The Morgan fingerprint density at radius 3 is 2.47 bits per heavy atom. The Hall–Kier alpha value is -1.47. The molecular formula is C10H18N2O5. The van der Waals surface area contributed by atoms with Gasteiger partial charge in [-0.3, -0.25) is 14.4 Å². The highest BCUT2D eigenvalue weighted by Gasteiger charge is 2.38. The summed E-state index contributed by atoms with van der Waals surface area (Å²) in [5.74, 6) is -2.22. The smallest absolute Gasteiger partial charge is 0.328 e. The van der Waals surface area contributed by atoms with Crippen LogP contribution in [0, 0.1) is 5.92 Å². The van der Waals surface area contributed by atoms with Gasteiger partial charge in [-0.25, -0.2) is 4.79 Å². The molecule has 0 spiro atoms. The van der Waals surface area contributed by atoms with Gasteiger partial charge in [0.25, 0.3) is 11.8 Å². The van der Waals surface area contributed by atoms with E-state index < -0.39 is 23.7 Å². The van der Waals surface area contributed by atoms with Crippen LogP contribution in [0.15, 0.2) is 0 Å². The number of rotatable bonds is 4. The van der Waals surface area contributed by atoms with Crippen molar-refractivity contribution in [1.29, 1.82) is 0 Å². The standard InChI is InChI=1S/C9H14N2O5.CH4/c1-6-4-7(12)11(9(6)14)16-8(13)5-15-10(2)3;/h6H,4-5H2,1-3H3;1H4. The van der Waals surface area contributed by atoms with Crippen molar-refractivity contribution in [1.82, 2.24) is 10.1 Å². The maximum atomic E-state index is 11.4. The van der Waals surface area contributed by atoms with Crippen LogP contribution in [0.3, 0.4) is 0 Å². The minimum atomic E-state index is -0.787. The van der Waals surface area contributed by atoms with Crippen LogP contribution in [0.25, 0.3) is 0 Å². The summed E-state index contributed by atoms with van der Waals surface area (Å²) in [5.41, 5.74) is 0. The van der Waals surface area contributed by atoms with Crippen molar-refractivity contribution in [3.63, 3.8) is 0 Å². The third-order valence-electron chi connectivity index (χ3n) is 1.96. The van der Waals surface area contributed by atoms with Crippen LogP contribution in [0.5, 0.6) is 0 Å². The second-order valence-electron chi connectivity index (χ2n) is 3.68. The maximum absolute atomic E-state index is 11.4. The Morgan fingerprint density at radius 2 is 2.06 bits per heavy atom. The van der Waals surface area contributed by atoms with Gasteiger partial charge in [0.2, 0.25) is 0 Å². The van der Waals surface area contributed by atoms with Gasteiger partial charge in [0, 0.05) is 26.4 Å². The van der Waals surface area contributed by atoms with Crippen LogP contribution in [0.1, 0.15) is 20.8 Å². The largest absolute Gasteiger partial charge is 0.360 e. The third kappa shape index (κ3) is 4.12. The molecule has 1 saturated heterocycles. The lowest BCUT2D eigenvalue weighted by molar-refractivity contribution is -0.209. The normalized spacial score (nSPS) is 19.5. The molecule has 1 aliphatic rings. The summed E-state index contributed by atoms with van der Waals surface area (Å²) in [6.45, 7) is 1.25. The van der Waals surface area contributed by atoms with Crippen molar-refractivity contribution >= 4 is 17.8 Å². The number of nitrogens with zero attached hydrogens (tertiary/aromatic N) is 2. The summed E-state index contributed by atoms with van der Waals surface area (Å²) >= 11 is 0. The lowest BCUT2D eigenvalue weighted by Gasteiger charge is -2.14. The molecule has 0 aromatic rings. The van der Waals surface area contributed by atoms with Gasteiger partial charge in [-0.1, -0.05) is 14.4 Å². The average molecular weight is 246 g/mol. The second kappa shape index (κ2) is 6.31. The number of imide groups is 1. The molecule has 0 aliphatic carbocycles. The monoisotopic (exact) mass is 246 g/mol. The van der Waals surface area contributed by atoms with Gasteiger partial charge >= 0.3 is 5.97 Å². The van der Waals surface area contributed by atoms with E-state index in [0.717, 1.165) is 0 Å². The van der Waals surface area contributed by atoms with E-state index in [2.05, 4.69) is 4.84 Å². The molecule has 0 bridgehead atoms. The first-order chi connectivity index (χ1) is 7.41. The quantitative estimate of drug-likeness (QED) is 0.512. The molecule has 0 radical (unpaired) electrons. The van der Waals surface area contributed by atoms with Crippen LogP contribution in [0.4, 0.5) is 0 Å². The molecule has 1 heterocycles. The first-order valence-electron chi connectivity index (χ1n) is 4.79. The number of carbonyl (C=O) groups is 3. The molecule has 0 aromatic carbocycles. The first kappa shape index (κ1) is 15.5.